The zero-order valence-corrected chi connectivity index (χ0v) is 16.4. The number of aromatic nitrogens is 2. The van der Waals surface area contributed by atoms with Crippen LogP contribution in [0.3, 0.4) is 0 Å². The van der Waals surface area contributed by atoms with Crippen LogP contribution in [0.4, 0.5) is 5.95 Å². The van der Waals surface area contributed by atoms with Crippen molar-refractivity contribution >= 4 is 18.5 Å². The lowest BCUT2D eigenvalue weighted by atomic mass is 9.81. The Morgan fingerprint density at radius 2 is 1.65 bits per heavy atom. The third-order valence-electron chi connectivity index (χ3n) is 5.83. The average molecular weight is 361 g/mol. The summed E-state index contributed by atoms with van der Waals surface area (Å²) in [5.41, 5.74) is 5.75. The van der Waals surface area contributed by atoms with Gasteiger partial charge in [-0.2, -0.15) is 0 Å². The number of rotatable bonds is 6. The molecular weight excluding hydrogens is 329 g/mol. The summed E-state index contributed by atoms with van der Waals surface area (Å²) in [5.74, 6) is 0.650. The van der Waals surface area contributed by atoms with Gasteiger partial charge >= 0.3 is 7.12 Å². The summed E-state index contributed by atoms with van der Waals surface area (Å²) in [7, 11) is -0.428. The highest BCUT2D eigenvalue weighted by Crippen LogP contribution is 2.36. The molecule has 1 aliphatic heterocycles. The first kappa shape index (κ1) is 19.5. The predicted molar refractivity (Wildman–Crippen MR) is 104 cm³/mol. The molecule has 3 rings (SSSR count). The molecule has 7 nitrogen and oxygen atoms in total. The highest BCUT2D eigenvalue weighted by Gasteiger charge is 2.51. The maximum Gasteiger partial charge on any atom is 0.498 e. The molecule has 1 aromatic rings. The van der Waals surface area contributed by atoms with Gasteiger partial charge in [0.05, 0.1) is 11.2 Å². The van der Waals surface area contributed by atoms with Crippen molar-refractivity contribution in [2.45, 2.75) is 76.7 Å². The minimum Gasteiger partial charge on any atom is -0.399 e. The molecule has 4 N–H and O–H groups in total. The van der Waals surface area contributed by atoms with E-state index in [4.69, 9.17) is 15.0 Å². The molecule has 0 unspecified atom stereocenters. The van der Waals surface area contributed by atoms with Crippen molar-refractivity contribution in [2.24, 2.45) is 5.73 Å². The van der Waals surface area contributed by atoms with Crippen molar-refractivity contribution in [1.29, 1.82) is 0 Å². The largest absolute Gasteiger partial charge is 0.498 e. The van der Waals surface area contributed by atoms with E-state index >= 15 is 0 Å². The van der Waals surface area contributed by atoms with Crippen LogP contribution in [-0.2, 0) is 9.31 Å². The zero-order chi connectivity index (χ0) is 18.8. The second kappa shape index (κ2) is 7.80. The van der Waals surface area contributed by atoms with Crippen molar-refractivity contribution in [3.05, 3.63) is 12.4 Å². The molecule has 0 amide bonds. The summed E-state index contributed by atoms with van der Waals surface area (Å²) in [6, 6.07) is 0.747. The molecular formula is C18H32BN5O2. The Morgan fingerprint density at radius 1 is 1.08 bits per heavy atom. The summed E-state index contributed by atoms with van der Waals surface area (Å²) in [6.45, 7) is 9.67. The number of hydrogen-bond acceptors (Lipinski definition) is 7. The fourth-order valence-electron chi connectivity index (χ4n) is 3.50. The van der Waals surface area contributed by atoms with E-state index in [2.05, 4.69) is 20.6 Å². The van der Waals surface area contributed by atoms with Crippen LogP contribution in [0.2, 0.25) is 0 Å². The molecule has 2 aliphatic rings. The quantitative estimate of drug-likeness (QED) is 0.652. The van der Waals surface area contributed by atoms with Crippen LogP contribution < -0.4 is 21.8 Å². The molecule has 0 bridgehead atoms. The number of nitrogens with zero attached hydrogens (tertiary/aromatic N) is 2. The van der Waals surface area contributed by atoms with Crippen molar-refractivity contribution < 1.29 is 9.31 Å². The van der Waals surface area contributed by atoms with E-state index in [0.717, 1.165) is 24.8 Å². The first-order valence-corrected chi connectivity index (χ1v) is 9.70. The van der Waals surface area contributed by atoms with Gasteiger partial charge in [0.1, 0.15) is 0 Å². The molecule has 144 valence electrons. The Kier molecular flexibility index (Phi) is 5.86. The van der Waals surface area contributed by atoms with E-state index in [1.807, 2.05) is 27.7 Å². The lowest BCUT2D eigenvalue weighted by Crippen LogP contribution is -2.48. The third kappa shape index (κ3) is 4.19. The summed E-state index contributed by atoms with van der Waals surface area (Å²) >= 11 is 0. The van der Waals surface area contributed by atoms with E-state index in [0.29, 0.717) is 24.6 Å². The first-order valence-electron chi connectivity index (χ1n) is 9.70. The van der Waals surface area contributed by atoms with Crippen LogP contribution in [0.15, 0.2) is 12.4 Å². The number of nitrogens with one attached hydrogen (secondary N) is 2. The van der Waals surface area contributed by atoms with E-state index in [1.54, 1.807) is 12.4 Å². The normalized spacial score (nSPS) is 27.5. The van der Waals surface area contributed by atoms with E-state index in [-0.39, 0.29) is 11.2 Å². The van der Waals surface area contributed by atoms with Crippen molar-refractivity contribution in [3.63, 3.8) is 0 Å². The van der Waals surface area contributed by atoms with Crippen LogP contribution in [-0.4, -0.2) is 53.5 Å². The maximum absolute atomic E-state index is 6.06. The standard InChI is InChI=1S/C18H32BN5O2/c1-17(2)18(3,4)26-19(25-17)13-11-22-16(23-12-13)24-15-8-6-5-7-14(15)21-10-9-20/h11-12,14-15,21H,5-10,20H2,1-4H3,(H,22,23,24)/t14-,15+/m1/s1. The van der Waals surface area contributed by atoms with Crippen molar-refractivity contribution in [1.82, 2.24) is 15.3 Å². The smallest absolute Gasteiger partial charge is 0.399 e. The molecule has 2 fully saturated rings. The second-order valence-electron chi connectivity index (χ2n) is 8.31. The fraction of sp³-hybridized carbons (Fsp3) is 0.778. The van der Waals surface area contributed by atoms with E-state index < -0.39 is 7.12 Å². The molecule has 1 saturated carbocycles. The van der Waals surface area contributed by atoms with Crippen LogP contribution in [0, 0.1) is 0 Å². The summed E-state index contributed by atoms with van der Waals surface area (Å²) in [5, 5.41) is 7.02. The predicted octanol–water partition coefficient (Wildman–Crippen LogP) is 1.05. The van der Waals surface area contributed by atoms with Gasteiger partial charge in [-0.25, -0.2) is 9.97 Å². The number of hydrogen-bond donors (Lipinski definition) is 3. The molecule has 8 heteroatoms. The highest BCUT2D eigenvalue weighted by atomic mass is 16.7. The lowest BCUT2D eigenvalue weighted by molar-refractivity contribution is 0.00578. The number of nitrogens with two attached hydrogens (primary N) is 1. The molecule has 0 spiro atoms. The van der Waals surface area contributed by atoms with Gasteiger partial charge in [0.2, 0.25) is 5.95 Å². The average Bonchev–Trinajstić information content (AvgIpc) is 2.82. The second-order valence-corrected chi connectivity index (χ2v) is 8.31. The van der Waals surface area contributed by atoms with Crippen LogP contribution in [0.5, 0.6) is 0 Å². The summed E-state index contributed by atoms with van der Waals surface area (Å²) in [4.78, 5) is 8.99. The van der Waals surface area contributed by atoms with Gasteiger partial charge in [0.15, 0.2) is 0 Å². The maximum atomic E-state index is 6.06. The van der Waals surface area contributed by atoms with Gasteiger partial charge in [-0.1, -0.05) is 12.8 Å². The Hall–Kier alpha value is -1.22. The van der Waals surface area contributed by atoms with Gasteiger partial charge in [0.25, 0.3) is 0 Å². The van der Waals surface area contributed by atoms with Crippen LogP contribution in [0.1, 0.15) is 53.4 Å². The molecule has 2 atom stereocenters. The van der Waals surface area contributed by atoms with Gasteiger partial charge < -0.3 is 25.7 Å². The Balaban J connectivity index is 1.63. The molecule has 1 aliphatic carbocycles. The summed E-state index contributed by atoms with van der Waals surface area (Å²) in [6.07, 6.45) is 8.34. The first-order chi connectivity index (χ1) is 12.3. The molecule has 26 heavy (non-hydrogen) atoms. The number of anilines is 1. The van der Waals surface area contributed by atoms with E-state index in [9.17, 15) is 0 Å². The van der Waals surface area contributed by atoms with Crippen LogP contribution in [0.25, 0.3) is 0 Å². The SMILES string of the molecule is CC1(C)OB(c2cnc(N[C@H]3CCCC[C@H]3NCCN)nc2)OC1(C)C. The monoisotopic (exact) mass is 361 g/mol. The Labute approximate surface area is 157 Å². The molecule has 1 aromatic heterocycles. The third-order valence-corrected chi connectivity index (χ3v) is 5.83. The van der Waals surface area contributed by atoms with E-state index in [1.165, 1.54) is 12.8 Å². The van der Waals surface area contributed by atoms with Gasteiger partial charge in [-0.15, -0.1) is 0 Å². The van der Waals surface area contributed by atoms with Crippen LogP contribution >= 0.6 is 0 Å². The van der Waals surface area contributed by atoms with Gasteiger partial charge in [-0.3, -0.25) is 0 Å². The van der Waals surface area contributed by atoms with Crippen molar-refractivity contribution in [2.75, 3.05) is 18.4 Å². The van der Waals surface area contributed by atoms with Gasteiger partial charge in [0, 0.05) is 43.0 Å². The minimum absolute atomic E-state index is 0.331. The molecule has 0 radical (unpaired) electrons. The molecule has 1 saturated heterocycles. The topological polar surface area (TPSA) is 94.3 Å². The van der Waals surface area contributed by atoms with Gasteiger partial charge in [-0.05, 0) is 40.5 Å². The molecule has 2 heterocycles. The summed E-state index contributed by atoms with van der Waals surface area (Å²) < 4.78 is 12.1. The zero-order valence-electron chi connectivity index (χ0n) is 16.4. The lowest BCUT2D eigenvalue weighted by Gasteiger charge is -2.32. The minimum atomic E-state index is -0.428. The highest BCUT2D eigenvalue weighted by molar-refractivity contribution is 6.61. The fourth-order valence-corrected chi connectivity index (χ4v) is 3.50. The molecule has 0 aromatic carbocycles. The Bertz CT molecular complexity index is 580. The van der Waals surface area contributed by atoms with Crippen molar-refractivity contribution in [3.8, 4) is 0 Å². The Morgan fingerprint density at radius 3 is 2.23 bits per heavy atom.